The lowest BCUT2D eigenvalue weighted by Crippen LogP contribution is -2.30. The maximum atomic E-state index is 9.65. The molecule has 1 aromatic rings. The van der Waals surface area contributed by atoms with Gasteiger partial charge in [0.1, 0.15) is 5.82 Å². The average Bonchev–Trinajstić information content (AvgIpc) is 2.68. The smallest absolute Gasteiger partial charge is 0.170 e. The Kier molecular flexibility index (Phi) is 6.90. The van der Waals surface area contributed by atoms with Gasteiger partial charge in [0.05, 0.1) is 12.7 Å². The number of aliphatic hydroxyl groups excluding tert-OH is 1. The molecule has 0 fully saturated rings. The zero-order valence-electron chi connectivity index (χ0n) is 9.47. The predicted octanol–water partition coefficient (Wildman–Crippen LogP) is 0.536. The van der Waals surface area contributed by atoms with Crippen LogP contribution in [0.3, 0.4) is 0 Å². The van der Waals surface area contributed by atoms with Gasteiger partial charge in [-0.15, -0.1) is 0 Å². The van der Waals surface area contributed by atoms with Crippen LogP contribution in [0.2, 0.25) is 0 Å². The SMILES string of the molecule is COCCNCC(O)CSc1nc(C)ns1. The minimum atomic E-state index is -0.369. The van der Waals surface area contributed by atoms with Gasteiger partial charge < -0.3 is 15.2 Å². The maximum absolute atomic E-state index is 9.65. The summed E-state index contributed by atoms with van der Waals surface area (Å²) in [6.45, 7) is 3.86. The summed E-state index contributed by atoms with van der Waals surface area (Å²) in [5.74, 6) is 1.43. The van der Waals surface area contributed by atoms with Crippen LogP contribution in [0.15, 0.2) is 4.34 Å². The summed E-state index contributed by atoms with van der Waals surface area (Å²) in [7, 11) is 1.66. The van der Waals surface area contributed by atoms with Gasteiger partial charge in [0.15, 0.2) is 4.34 Å². The molecule has 5 nitrogen and oxygen atoms in total. The van der Waals surface area contributed by atoms with Crippen LogP contribution < -0.4 is 5.32 Å². The van der Waals surface area contributed by atoms with Crippen LogP contribution in [0, 0.1) is 6.92 Å². The molecular formula is C9H17N3O2S2. The molecule has 92 valence electrons. The summed E-state index contributed by atoms with van der Waals surface area (Å²) in [4.78, 5) is 4.21. The van der Waals surface area contributed by atoms with Gasteiger partial charge in [-0.1, -0.05) is 11.8 Å². The summed E-state index contributed by atoms with van der Waals surface area (Å²) in [5.41, 5.74) is 0. The quantitative estimate of drug-likeness (QED) is 0.527. The third kappa shape index (κ3) is 5.76. The van der Waals surface area contributed by atoms with Crippen molar-refractivity contribution in [2.45, 2.75) is 17.4 Å². The Hall–Kier alpha value is -0.210. The lowest BCUT2D eigenvalue weighted by atomic mass is 10.4. The minimum Gasteiger partial charge on any atom is -0.391 e. The second-order valence-electron chi connectivity index (χ2n) is 3.27. The molecule has 0 spiro atoms. The van der Waals surface area contributed by atoms with Crippen molar-refractivity contribution < 1.29 is 9.84 Å². The van der Waals surface area contributed by atoms with E-state index in [0.717, 1.165) is 16.7 Å². The number of ether oxygens (including phenoxy) is 1. The van der Waals surface area contributed by atoms with Gasteiger partial charge >= 0.3 is 0 Å². The van der Waals surface area contributed by atoms with Crippen molar-refractivity contribution in [3.05, 3.63) is 5.82 Å². The highest BCUT2D eigenvalue weighted by molar-refractivity contribution is 8.00. The molecule has 0 amide bonds. The Labute approximate surface area is 104 Å². The Morgan fingerprint density at radius 1 is 1.62 bits per heavy atom. The molecule has 1 rings (SSSR count). The fourth-order valence-electron chi connectivity index (χ4n) is 1.01. The molecule has 1 unspecified atom stereocenters. The van der Waals surface area contributed by atoms with Crippen LogP contribution >= 0.6 is 23.3 Å². The van der Waals surface area contributed by atoms with Gasteiger partial charge in [-0.05, 0) is 18.5 Å². The first-order chi connectivity index (χ1) is 7.72. The number of hydrogen-bond donors (Lipinski definition) is 2. The van der Waals surface area contributed by atoms with E-state index in [1.165, 1.54) is 23.3 Å². The summed E-state index contributed by atoms with van der Waals surface area (Å²) in [6.07, 6.45) is -0.369. The molecule has 0 aliphatic carbocycles. The van der Waals surface area contributed by atoms with Crippen molar-refractivity contribution in [1.29, 1.82) is 0 Å². The molecule has 0 bridgehead atoms. The molecule has 1 heterocycles. The molecule has 16 heavy (non-hydrogen) atoms. The first-order valence-electron chi connectivity index (χ1n) is 5.03. The number of thioether (sulfide) groups is 1. The van der Waals surface area contributed by atoms with E-state index in [9.17, 15) is 5.11 Å². The Morgan fingerprint density at radius 2 is 2.44 bits per heavy atom. The van der Waals surface area contributed by atoms with Crippen LogP contribution in [-0.2, 0) is 4.74 Å². The summed E-state index contributed by atoms with van der Waals surface area (Å²) in [6, 6.07) is 0. The molecule has 0 saturated heterocycles. The molecular weight excluding hydrogens is 246 g/mol. The number of rotatable bonds is 8. The van der Waals surface area contributed by atoms with Gasteiger partial charge in [0.2, 0.25) is 0 Å². The highest BCUT2D eigenvalue weighted by atomic mass is 32.2. The molecule has 0 aliphatic heterocycles. The second kappa shape index (κ2) is 7.97. The molecule has 2 N–H and O–H groups in total. The van der Waals surface area contributed by atoms with E-state index < -0.39 is 0 Å². The molecule has 1 aromatic heterocycles. The van der Waals surface area contributed by atoms with E-state index >= 15 is 0 Å². The first kappa shape index (κ1) is 13.9. The number of aliphatic hydroxyl groups is 1. The van der Waals surface area contributed by atoms with Crippen molar-refractivity contribution in [3.8, 4) is 0 Å². The molecule has 0 radical (unpaired) electrons. The number of aromatic nitrogens is 2. The second-order valence-corrected chi connectivity index (χ2v) is 5.29. The number of methoxy groups -OCH3 is 1. The monoisotopic (exact) mass is 263 g/mol. The number of aryl methyl sites for hydroxylation is 1. The predicted molar refractivity (Wildman–Crippen MR) is 66.1 cm³/mol. The van der Waals surface area contributed by atoms with Crippen molar-refractivity contribution >= 4 is 23.3 Å². The van der Waals surface area contributed by atoms with Crippen molar-refractivity contribution in [2.75, 3.05) is 32.6 Å². The fourth-order valence-corrected chi connectivity index (χ4v) is 2.61. The highest BCUT2D eigenvalue weighted by Crippen LogP contribution is 2.20. The Balaban J connectivity index is 2.08. The maximum Gasteiger partial charge on any atom is 0.170 e. The molecule has 0 aliphatic rings. The van der Waals surface area contributed by atoms with Crippen molar-refractivity contribution in [2.24, 2.45) is 0 Å². The normalized spacial score (nSPS) is 12.9. The van der Waals surface area contributed by atoms with Crippen LogP contribution in [0.5, 0.6) is 0 Å². The summed E-state index contributed by atoms with van der Waals surface area (Å²) < 4.78 is 9.88. The number of hydrogen-bond acceptors (Lipinski definition) is 7. The van der Waals surface area contributed by atoms with Crippen molar-refractivity contribution in [3.63, 3.8) is 0 Å². The largest absolute Gasteiger partial charge is 0.391 e. The van der Waals surface area contributed by atoms with Gasteiger partial charge in [0, 0.05) is 26.0 Å². The van der Waals surface area contributed by atoms with Crippen LogP contribution in [0.25, 0.3) is 0 Å². The number of nitrogens with zero attached hydrogens (tertiary/aromatic N) is 2. The summed E-state index contributed by atoms with van der Waals surface area (Å²) >= 11 is 2.91. The average molecular weight is 263 g/mol. The van der Waals surface area contributed by atoms with E-state index in [4.69, 9.17) is 4.74 Å². The Bertz CT molecular complexity index is 296. The fraction of sp³-hybridized carbons (Fsp3) is 0.778. The van der Waals surface area contributed by atoms with Crippen LogP contribution in [-0.4, -0.2) is 53.1 Å². The zero-order valence-corrected chi connectivity index (χ0v) is 11.1. The van der Waals surface area contributed by atoms with Crippen LogP contribution in [0.1, 0.15) is 5.82 Å². The van der Waals surface area contributed by atoms with E-state index in [-0.39, 0.29) is 6.10 Å². The standard InChI is InChI=1S/C9H17N3O2S2/c1-7-11-9(16-12-7)15-6-8(13)5-10-3-4-14-2/h8,10,13H,3-6H2,1-2H3. The van der Waals surface area contributed by atoms with Gasteiger partial charge in [-0.3, -0.25) is 0 Å². The highest BCUT2D eigenvalue weighted by Gasteiger charge is 2.07. The van der Waals surface area contributed by atoms with E-state index in [1.807, 2.05) is 6.92 Å². The molecule has 1 atom stereocenters. The van der Waals surface area contributed by atoms with E-state index in [0.29, 0.717) is 18.9 Å². The van der Waals surface area contributed by atoms with Gasteiger partial charge in [0.25, 0.3) is 0 Å². The molecule has 0 saturated carbocycles. The molecule has 7 heteroatoms. The van der Waals surface area contributed by atoms with Crippen molar-refractivity contribution in [1.82, 2.24) is 14.7 Å². The lowest BCUT2D eigenvalue weighted by Gasteiger charge is -2.09. The van der Waals surface area contributed by atoms with E-state index in [2.05, 4.69) is 14.7 Å². The third-order valence-electron chi connectivity index (χ3n) is 1.77. The third-order valence-corrected chi connectivity index (χ3v) is 3.84. The van der Waals surface area contributed by atoms with Gasteiger partial charge in [-0.25, -0.2) is 4.98 Å². The van der Waals surface area contributed by atoms with Crippen LogP contribution in [0.4, 0.5) is 0 Å². The topological polar surface area (TPSA) is 67.3 Å². The first-order valence-corrected chi connectivity index (χ1v) is 6.79. The van der Waals surface area contributed by atoms with E-state index in [1.54, 1.807) is 7.11 Å². The minimum absolute atomic E-state index is 0.369. The van der Waals surface area contributed by atoms with Gasteiger partial charge in [-0.2, -0.15) is 4.37 Å². The Morgan fingerprint density at radius 3 is 3.06 bits per heavy atom. The zero-order chi connectivity index (χ0) is 11.8. The number of nitrogens with one attached hydrogen (secondary N) is 1. The molecule has 0 aromatic carbocycles. The summed E-state index contributed by atoms with van der Waals surface area (Å²) in [5, 5.41) is 12.8. The lowest BCUT2D eigenvalue weighted by molar-refractivity contribution is 0.175.